The molecule has 4 aromatic rings. The average Bonchev–Trinajstić information content (AvgIpc) is 3.13. The van der Waals surface area contributed by atoms with Gasteiger partial charge in [0.1, 0.15) is 5.82 Å². The SMILES string of the molecule is CCCCc1ccc(-n2c(CSCc3cccc4ccccc34)n[nH]c2=S)cc1. The molecular weight excluding hydrogens is 394 g/mol. The van der Waals surface area contributed by atoms with Crippen molar-refractivity contribution in [2.45, 2.75) is 37.7 Å². The first-order valence-electron chi connectivity index (χ1n) is 10.1. The van der Waals surface area contributed by atoms with Crippen LogP contribution in [0.25, 0.3) is 16.5 Å². The van der Waals surface area contributed by atoms with E-state index in [0.717, 1.165) is 29.4 Å². The van der Waals surface area contributed by atoms with E-state index in [1.807, 2.05) is 11.8 Å². The predicted molar refractivity (Wildman–Crippen MR) is 126 cm³/mol. The van der Waals surface area contributed by atoms with E-state index >= 15 is 0 Å². The number of benzene rings is 3. The van der Waals surface area contributed by atoms with Gasteiger partial charge >= 0.3 is 0 Å². The van der Waals surface area contributed by atoms with Crippen LogP contribution in [0.3, 0.4) is 0 Å². The number of unbranched alkanes of at least 4 members (excludes halogenated alkanes) is 1. The molecule has 0 unspecified atom stereocenters. The molecule has 0 aliphatic rings. The van der Waals surface area contributed by atoms with Crippen molar-refractivity contribution >= 4 is 34.8 Å². The van der Waals surface area contributed by atoms with Gasteiger partial charge in [-0.3, -0.25) is 9.67 Å². The van der Waals surface area contributed by atoms with Gasteiger partial charge in [-0.1, -0.05) is 67.9 Å². The first-order chi connectivity index (χ1) is 14.3. The normalized spacial score (nSPS) is 11.2. The number of H-pyrrole nitrogens is 1. The standard InChI is InChI=1S/C24H25N3S2/c1-2-3-7-18-12-14-21(15-13-18)27-23(25-26-24(27)28)17-29-16-20-10-6-9-19-8-4-5-11-22(19)20/h4-6,8-15H,2-3,7,16-17H2,1H3,(H,26,28). The van der Waals surface area contributed by atoms with Crippen LogP contribution in [-0.4, -0.2) is 14.8 Å². The van der Waals surface area contributed by atoms with Crippen molar-refractivity contribution in [1.29, 1.82) is 0 Å². The summed E-state index contributed by atoms with van der Waals surface area (Å²) in [6.07, 6.45) is 3.56. The molecule has 0 saturated carbocycles. The fourth-order valence-electron chi connectivity index (χ4n) is 3.56. The molecule has 0 radical (unpaired) electrons. The molecule has 0 aliphatic heterocycles. The number of rotatable bonds is 8. The summed E-state index contributed by atoms with van der Waals surface area (Å²) in [5, 5.41) is 10.1. The maximum absolute atomic E-state index is 5.50. The van der Waals surface area contributed by atoms with E-state index < -0.39 is 0 Å². The zero-order chi connectivity index (χ0) is 20.1. The molecule has 4 rings (SSSR count). The van der Waals surface area contributed by atoms with Crippen LogP contribution < -0.4 is 0 Å². The molecule has 0 atom stereocenters. The van der Waals surface area contributed by atoms with Crippen LogP contribution in [-0.2, 0) is 17.9 Å². The number of nitrogens with one attached hydrogen (secondary N) is 1. The number of thioether (sulfide) groups is 1. The molecule has 0 fully saturated rings. The highest BCUT2D eigenvalue weighted by atomic mass is 32.2. The van der Waals surface area contributed by atoms with Crippen LogP contribution in [0.2, 0.25) is 0 Å². The first kappa shape index (κ1) is 19.9. The number of aromatic amines is 1. The Bertz CT molecular complexity index is 1140. The van der Waals surface area contributed by atoms with E-state index in [1.54, 1.807) is 0 Å². The van der Waals surface area contributed by atoms with E-state index in [0.29, 0.717) is 4.77 Å². The van der Waals surface area contributed by atoms with Gasteiger partial charge in [0.25, 0.3) is 0 Å². The van der Waals surface area contributed by atoms with Gasteiger partial charge in [-0.15, -0.1) is 11.8 Å². The summed E-state index contributed by atoms with van der Waals surface area (Å²) >= 11 is 7.36. The second-order valence-corrected chi connectivity index (χ2v) is 8.55. The van der Waals surface area contributed by atoms with Crippen LogP contribution in [0.4, 0.5) is 0 Å². The molecule has 1 aromatic heterocycles. The van der Waals surface area contributed by atoms with E-state index in [9.17, 15) is 0 Å². The molecule has 0 bridgehead atoms. The second kappa shape index (κ2) is 9.42. The molecule has 1 N–H and O–H groups in total. The minimum Gasteiger partial charge on any atom is -0.271 e. The van der Waals surface area contributed by atoms with Crippen molar-refractivity contribution in [2.75, 3.05) is 0 Å². The third kappa shape index (κ3) is 4.62. The van der Waals surface area contributed by atoms with Gasteiger partial charge in [-0.2, -0.15) is 5.10 Å². The molecule has 1 heterocycles. The Hall–Kier alpha value is -2.37. The Kier molecular flexibility index (Phi) is 6.47. The van der Waals surface area contributed by atoms with Gasteiger partial charge < -0.3 is 0 Å². The summed E-state index contributed by atoms with van der Waals surface area (Å²) in [4.78, 5) is 0. The van der Waals surface area contributed by atoms with Gasteiger partial charge in [0.05, 0.1) is 5.75 Å². The highest BCUT2D eigenvalue weighted by Crippen LogP contribution is 2.25. The summed E-state index contributed by atoms with van der Waals surface area (Å²) < 4.78 is 2.70. The average molecular weight is 420 g/mol. The lowest BCUT2D eigenvalue weighted by Gasteiger charge is -2.09. The molecule has 3 aromatic carbocycles. The summed E-state index contributed by atoms with van der Waals surface area (Å²) in [5.74, 6) is 2.70. The van der Waals surface area contributed by atoms with Crippen molar-refractivity contribution in [1.82, 2.24) is 14.8 Å². The molecule has 0 spiro atoms. The van der Waals surface area contributed by atoms with E-state index in [-0.39, 0.29) is 0 Å². The van der Waals surface area contributed by atoms with Crippen molar-refractivity contribution in [3.63, 3.8) is 0 Å². The Balaban J connectivity index is 1.48. The number of fused-ring (bicyclic) bond motifs is 1. The van der Waals surface area contributed by atoms with E-state index in [2.05, 4.69) is 88.4 Å². The van der Waals surface area contributed by atoms with Crippen LogP contribution in [0.5, 0.6) is 0 Å². The maximum atomic E-state index is 5.50. The van der Waals surface area contributed by atoms with Crippen LogP contribution in [0.15, 0.2) is 66.7 Å². The summed E-state index contributed by atoms with van der Waals surface area (Å²) in [5.41, 5.74) is 3.80. The molecule has 0 amide bonds. The predicted octanol–water partition coefficient (Wildman–Crippen LogP) is 6.86. The van der Waals surface area contributed by atoms with Crippen LogP contribution >= 0.6 is 24.0 Å². The quantitative estimate of drug-likeness (QED) is 0.317. The summed E-state index contributed by atoms with van der Waals surface area (Å²) in [7, 11) is 0. The maximum Gasteiger partial charge on any atom is 0.199 e. The van der Waals surface area contributed by atoms with Gasteiger partial charge in [0.2, 0.25) is 0 Å². The Labute approximate surface area is 181 Å². The van der Waals surface area contributed by atoms with Gasteiger partial charge in [-0.05, 0) is 59.1 Å². The number of hydrogen-bond acceptors (Lipinski definition) is 3. The topological polar surface area (TPSA) is 33.6 Å². The molecule has 29 heavy (non-hydrogen) atoms. The van der Waals surface area contributed by atoms with Crippen LogP contribution in [0, 0.1) is 4.77 Å². The Morgan fingerprint density at radius 3 is 2.59 bits per heavy atom. The van der Waals surface area contributed by atoms with Gasteiger partial charge in [0.15, 0.2) is 4.77 Å². The third-order valence-corrected chi connectivity index (χ3v) is 6.38. The third-order valence-electron chi connectivity index (χ3n) is 5.12. The lowest BCUT2D eigenvalue weighted by molar-refractivity contribution is 0.794. The minimum atomic E-state index is 0.645. The fourth-order valence-corrected chi connectivity index (χ4v) is 4.76. The van der Waals surface area contributed by atoms with Gasteiger partial charge in [0, 0.05) is 11.4 Å². The van der Waals surface area contributed by atoms with Crippen molar-refractivity contribution < 1.29 is 0 Å². The number of nitrogens with zero attached hydrogens (tertiary/aromatic N) is 2. The molecule has 148 valence electrons. The number of hydrogen-bond donors (Lipinski definition) is 1. The zero-order valence-corrected chi connectivity index (χ0v) is 18.2. The fraction of sp³-hybridized carbons (Fsp3) is 0.250. The molecule has 3 nitrogen and oxygen atoms in total. The van der Waals surface area contributed by atoms with Crippen LogP contribution in [0.1, 0.15) is 36.7 Å². The summed E-state index contributed by atoms with van der Waals surface area (Å²) in [6, 6.07) is 23.8. The highest BCUT2D eigenvalue weighted by molar-refractivity contribution is 7.97. The zero-order valence-electron chi connectivity index (χ0n) is 16.6. The monoisotopic (exact) mass is 419 g/mol. The molecule has 0 aliphatic carbocycles. The largest absolute Gasteiger partial charge is 0.271 e. The lowest BCUT2D eigenvalue weighted by atomic mass is 10.1. The number of aromatic nitrogens is 3. The second-order valence-electron chi connectivity index (χ2n) is 7.18. The van der Waals surface area contributed by atoms with Crippen molar-refractivity contribution in [3.05, 3.63) is 88.5 Å². The highest BCUT2D eigenvalue weighted by Gasteiger charge is 2.09. The summed E-state index contributed by atoms with van der Waals surface area (Å²) in [6.45, 7) is 2.22. The molecular formula is C24H25N3S2. The van der Waals surface area contributed by atoms with Gasteiger partial charge in [-0.25, -0.2) is 0 Å². The molecule has 0 saturated heterocycles. The Morgan fingerprint density at radius 2 is 1.76 bits per heavy atom. The van der Waals surface area contributed by atoms with Crippen molar-refractivity contribution in [2.24, 2.45) is 0 Å². The van der Waals surface area contributed by atoms with E-state index in [4.69, 9.17) is 12.2 Å². The number of aryl methyl sites for hydroxylation is 1. The van der Waals surface area contributed by atoms with E-state index in [1.165, 1.54) is 34.7 Å². The first-order valence-corrected chi connectivity index (χ1v) is 11.6. The van der Waals surface area contributed by atoms with Crippen molar-refractivity contribution in [3.8, 4) is 5.69 Å². The Morgan fingerprint density at radius 1 is 0.966 bits per heavy atom. The minimum absolute atomic E-state index is 0.645. The lowest BCUT2D eigenvalue weighted by Crippen LogP contribution is -2.01. The molecule has 5 heteroatoms. The smallest absolute Gasteiger partial charge is 0.199 e.